The van der Waals surface area contributed by atoms with E-state index in [1.165, 1.54) is 0 Å². The second kappa shape index (κ2) is 7.90. The number of rotatable bonds is 7. The van der Waals surface area contributed by atoms with Crippen molar-refractivity contribution >= 4 is 11.6 Å². The highest BCUT2D eigenvalue weighted by atomic mass is 16.2. The maximum atomic E-state index is 12.7. The lowest BCUT2D eigenvalue weighted by atomic mass is 10.1. The largest absolute Gasteiger partial charge is 0.388 e. The summed E-state index contributed by atoms with van der Waals surface area (Å²) in [6.45, 7) is 6.56. The Kier molecular flexibility index (Phi) is 6.52. The molecule has 4 heteroatoms. The van der Waals surface area contributed by atoms with Crippen LogP contribution in [0.5, 0.6) is 0 Å². The van der Waals surface area contributed by atoms with Crippen LogP contribution in [0, 0.1) is 6.92 Å². The molecule has 0 atom stereocenters. The van der Waals surface area contributed by atoms with Crippen LogP contribution in [0.3, 0.4) is 0 Å². The Labute approximate surface area is 122 Å². The smallest absolute Gasteiger partial charge is 0.254 e. The van der Waals surface area contributed by atoms with Gasteiger partial charge in [0.15, 0.2) is 0 Å². The van der Waals surface area contributed by atoms with Crippen LogP contribution in [0.15, 0.2) is 18.2 Å². The fraction of sp³-hybridized carbons (Fsp3) is 0.562. The Morgan fingerprint density at radius 3 is 2.40 bits per heavy atom. The number of likely N-dealkylation sites (N-methyl/N-ethyl adjacent to an activating group) is 1. The Balaban J connectivity index is 2.88. The van der Waals surface area contributed by atoms with Gasteiger partial charge in [-0.25, -0.2) is 0 Å². The van der Waals surface area contributed by atoms with E-state index in [9.17, 15) is 4.79 Å². The number of hydrogen-bond donors (Lipinski definition) is 1. The lowest BCUT2D eigenvalue weighted by Gasteiger charge is -2.25. The van der Waals surface area contributed by atoms with Crippen LogP contribution in [0.1, 0.15) is 29.3 Å². The van der Waals surface area contributed by atoms with Gasteiger partial charge in [0.2, 0.25) is 0 Å². The van der Waals surface area contributed by atoms with Gasteiger partial charge in [-0.15, -0.1) is 0 Å². The number of carbonyl (C=O) groups excluding carboxylic acids is 1. The van der Waals surface area contributed by atoms with E-state index in [-0.39, 0.29) is 5.91 Å². The first kappa shape index (κ1) is 16.5. The number of aryl methyl sites for hydroxylation is 1. The molecule has 1 aromatic carbocycles. The van der Waals surface area contributed by atoms with Crippen molar-refractivity contribution in [1.29, 1.82) is 0 Å². The first-order chi connectivity index (χ1) is 9.49. The maximum Gasteiger partial charge on any atom is 0.254 e. The Hall–Kier alpha value is -1.55. The van der Waals surface area contributed by atoms with Crippen molar-refractivity contribution in [1.82, 2.24) is 9.80 Å². The molecule has 4 nitrogen and oxygen atoms in total. The molecule has 0 fully saturated rings. The van der Waals surface area contributed by atoms with Gasteiger partial charge >= 0.3 is 0 Å². The molecule has 1 N–H and O–H groups in total. The molecule has 0 radical (unpaired) electrons. The summed E-state index contributed by atoms with van der Waals surface area (Å²) < 4.78 is 0. The molecule has 0 saturated carbocycles. The second-order valence-corrected chi connectivity index (χ2v) is 5.38. The minimum Gasteiger partial charge on any atom is -0.388 e. The summed E-state index contributed by atoms with van der Waals surface area (Å²) in [6, 6.07) is 5.89. The standard InChI is InChI=1S/C16H27N3O/c1-6-9-19(11-10-18(4)5)16(20)15-8-7-14(17-3)12-13(15)2/h7-8,12,17H,6,9-11H2,1-5H3. The quantitative estimate of drug-likeness (QED) is 0.831. The third-order valence-electron chi connectivity index (χ3n) is 3.34. The molecule has 0 bridgehead atoms. The fourth-order valence-electron chi connectivity index (χ4n) is 2.14. The zero-order valence-corrected chi connectivity index (χ0v) is 13.4. The van der Waals surface area contributed by atoms with E-state index in [4.69, 9.17) is 0 Å². The molecule has 20 heavy (non-hydrogen) atoms. The summed E-state index contributed by atoms with van der Waals surface area (Å²) in [6.07, 6.45) is 0.979. The van der Waals surface area contributed by atoms with E-state index in [0.29, 0.717) is 0 Å². The second-order valence-electron chi connectivity index (χ2n) is 5.38. The molecule has 0 saturated heterocycles. The first-order valence-electron chi connectivity index (χ1n) is 7.22. The van der Waals surface area contributed by atoms with Gasteiger partial charge in [0, 0.05) is 37.9 Å². The van der Waals surface area contributed by atoms with E-state index >= 15 is 0 Å². The van der Waals surface area contributed by atoms with Gasteiger partial charge < -0.3 is 15.1 Å². The zero-order chi connectivity index (χ0) is 15.1. The van der Waals surface area contributed by atoms with Crippen molar-refractivity contribution < 1.29 is 4.79 Å². The Bertz CT molecular complexity index is 443. The van der Waals surface area contributed by atoms with E-state index in [1.54, 1.807) is 0 Å². The van der Waals surface area contributed by atoms with E-state index in [2.05, 4.69) is 17.1 Å². The number of nitrogens with zero attached hydrogens (tertiary/aromatic N) is 2. The predicted octanol–water partition coefficient (Wildman–Crippen LogP) is 2.45. The van der Waals surface area contributed by atoms with Crippen molar-refractivity contribution in [2.45, 2.75) is 20.3 Å². The number of hydrogen-bond acceptors (Lipinski definition) is 3. The average Bonchev–Trinajstić information content (AvgIpc) is 2.42. The number of amides is 1. The number of anilines is 1. The van der Waals surface area contributed by atoms with Gasteiger partial charge in [-0.1, -0.05) is 6.92 Å². The molecule has 0 aliphatic heterocycles. The SMILES string of the molecule is CCCN(CCN(C)C)C(=O)c1ccc(NC)cc1C. The highest BCUT2D eigenvalue weighted by Crippen LogP contribution is 2.16. The summed E-state index contributed by atoms with van der Waals surface area (Å²) in [7, 11) is 5.94. The lowest BCUT2D eigenvalue weighted by Crippen LogP contribution is -2.37. The lowest BCUT2D eigenvalue weighted by molar-refractivity contribution is 0.0744. The summed E-state index contributed by atoms with van der Waals surface area (Å²) in [5.41, 5.74) is 2.86. The number of benzene rings is 1. The van der Waals surface area contributed by atoms with Crippen LogP contribution < -0.4 is 5.32 Å². The topological polar surface area (TPSA) is 35.6 Å². The normalized spacial score (nSPS) is 10.7. The third kappa shape index (κ3) is 4.53. The molecule has 1 amide bonds. The molecule has 1 rings (SSSR count). The average molecular weight is 277 g/mol. The highest BCUT2D eigenvalue weighted by Gasteiger charge is 2.17. The summed E-state index contributed by atoms with van der Waals surface area (Å²) >= 11 is 0. The molecule has 0 aliphatic carbocycles. The van der Waals surface area contributed by atoms with E-state index in [0.717, 1.165) is 42.9 Å². The van der Waals surface area contributed by atoms with Gasteiger partial charge in [0.25, 0.3) is 5.91 Å². The van der Waals surface area contributed by atoms with E-state index in [1.807, 2.05) is 51.2 Å². The van der Waals surface area contributed by atoms with Crippen LogP contribution in [0.2, 0.25) is 0 Å². The predicted molar refractivity (Wildman–Crippen MR) is 85.5 cm³/mol. The van der Waals surface area contributed by atoms with Crippen molar-refractivity contribution in [2.24, 2.45) is 0 Å². The van der Waals surface area contributed by atoms with Gasteiger partial charge in [0.1, 0.15) is 0 Å². The van der Waals surface area contributed by atoms with Crippen molar-refractivity contribution in [2.75, 3.05) is 46.1 Å². The van der Waals surface area contributed by atoms with Crippen LogP contribution in [-0.4, -0.2) is 56.5 Å². The molecule has 1 aromatic rings. The van der Waals surface area contributed by atoms with Gasteiger partial charge in [0.05, 0.1) is 0 Å². The number of carbonyl (C=O) groups is 1. The van der Waals surface area contributed by atoms with Crippen LogP contribution in [-0.2, 0) is 0 Å². The van der Waals surface area contributed by atoms with Crippen LogP contribution in [0.4, 0.5) is 5.69 Å². The summed E-state index contributed by atoms with van der Waals surface area (Å²) in [5.74, 6) is 0.133. The molecule has 0 aromatic heterocycles. The van der Waals surface area contributed by atoms with Gasteiger partial charge in [-0.3, -0.25) is 4.79 Å². The van der Waals surface area contributed by atoms with Gasteiger partial charge in [-0.2, -0.15) is 0 Å². The monoisotopic (exact) mass is 277 g/mol. The molecular formula is C16H27N3O. The number of nitrogens with one attached hydrogen (secondary N) is 1. The minimum atomic E-state index is 0.133. The van der Waals surface area contributed by atoms with E-state index < -0.39 is 0 Å². The summed E-state index contributed by atoms with van der Waals surface area (Å²) in [5, 5.41) is 3.10. The highest BCUT2D eigenvalue weighted by molar-refractivity contribution is 5.96. The minimum absolute atomic E-state index is 0.133. The molecule has 0 unspecified atom stereocenters. The third-order valence-corrected chi connectivity index (χ3v) is 3.34. The van der Waals surface area contributed by atoms with Crippen LogP contribution in [0.25, 0.3) is 0 Å². The van der Waals surface area contributed by atoms with Crippen molar-refractivity contribution in [3.63, 3.8) is 0 Å². The van der Waals surface area contributed by atoms with Crippen molar-refractivity contribution in [3.05, 3.63) is 29.3 Å². The first-order valence-corrected chi connectivity index (χ1v) is 7.22. The van der Waals surface area contributed by atoms with Gasteiger partial charge in [-0.05, 0) is 51.2 Å². The van der Waals surface area contributed by atoms with Crippen LogP contribution >= 0.6 is 0 Å². The molecule has 0 spiro atoms. The molecule has 0 aliphatic rings. The van der Waals surface area contributed by atoms with Crippen molar-refractivity contribution in [3.8, 4) is 0 Å². The maximum absolute atomic E-state index is 12.7. The molecule has 112 valence electrons. The Morgan fingerprint density at radius 2 is 1.90 bits per heavy atom. The molecular weight excluding hydrogens is 250 g/mol. The summed E-state index contributed by atoms with van der Waals surface area (Å²) in [4.78, 5) is 16.7. The Morgan fingerprint density at radius 1 is 1.20 bits per heavy atom. The molecule has 0 heterocycles. The fourth-order valence-corrected chi connectivity index (χ4v) is 2.14. The zero-order valence-electron chi connectivity index (χ0n) is 13.4.